The first-order valence-electron chi connectivity index (χ1n) is 8.92. The van der Waals surface area contributed by atoms with Crippen LogP contribution in [0.25, 0.3) is 0 Å². The minimum absolute atomic E-state index is 0.101. The van der Waals surface area contributed by atoms with Crippen LogP contribution in [-0.4, -0.2) is 97.5 Å². The zero-order valence-electron chi connectivity index (χ0n) is 15.4. The van der Waals surface area contributed by atoms with E-state index < -0.39 is 72.8 Å². The number of fused-ring (bicyclic) bond motifs is 1. The lowest BCUT2D eigenvalue weighted by molar-refractivity contribution is -0.351. The van der Waals surface area contributed by atoms with Crippen LogP contribution < -0.4 is 0 Å². The normalized spacial score (nSPS) is 50.7. The minimum Gasteiger partial charge on any atom is -0.472 e. The highest BCUT2D eigenvalue weighted by Crippen LogP contribution is 2.51. The number of carbonyl (C=O) groups excluding carboxylic acids is 1. The van der Waals surface area contributed by atoms with Crippen LogP contribution in [0.3, 0.4) is 0 Å². The molecule has 0 amide bonds. The third-order valence-corrected chi connectivity index (χ3v) is 5.60. The van der Waals surface area contributed by atoms with Gasteiger partial charge in [-0.15, -0.1) is 0 Å². The Kier molecular flexibility index (Phi) is 5.73. The molecule has 10 atom stereocenters. The van der Waals surface area contributed by atoms with Gasteiger partial charge in [0.15, 0.2) is 6.29 Å². The Morgan fingerprint density at radius 3 is 2.46 bits per heavy atom. The molecule has 3 aliphatic rings. The van der Waals surface area contributed by atoms with Gasteiger partial charge in [-0.2, -0.15) is 0 Å². The highest BCUT2D eigenvalue weighted by Gasteiger charge is 2.66. The lowest BCUT2D eigenvalue weighted by Gasteiger charge is -2.45. The van der Waals surface area contributed by atoms with E-state index in [9.17, 15) is 35.4 Å². The number of aliphatic hydroxyl groups is 6. The molecular weight excluding hydrogens is 380 g/mol. The van der Waals surface area contributed by atoms with Crippen LogP contribution in [0.4, 0.5) is 0 Å². The van der Waals surface area contributed by atoms with Crippen LogP contribution in [-0.2, 0) is 23.7 Å². The van der Waals surface area contributed by atoms with Crippen LogP contribution in [0.2, 0.25) is 0 Å². The SMILES string of the molecule is CC(=O)O[C@@]1(C)CC(O)[C@]2(O)C=COC(OC3OC(CO)C(O)C(O)C3O)C21. The van der Waals surface area contributed by atoms with Crippen molar-refractivity contribution in [2.45, 2.75) is 74.6 Å². The highest BCUT2D eigenvalue weighted by molar-refractivity contribution is 5.66. The molecule has 160 valence electrons. The van der Waals surface area contributed by atoms with Crippen molar-refractivity contribution in [1.82, 2.24) is 0 Å². The maximum Gasteiger partial charge on any atom is 0.303 e. The van der Waals surface area contributed by atoms with Gasteiger partial charge in [0.05, 0.1) is 24.9 Å². The molecule has 0 bridgehead atoms. The Labute approximate surface area is 160 Å². The molecule has 2 aliphatic heterocycles. The van der Waals surface area contributed by atoms with Gasteiger partial charge in [-0.25, -0.2) is 0 Å². The summed E-state index contributed by atoms with van der Waals surface area (Å²) in [4.78, 5) is 11.6. The summed E-state index contributed by atoms with van der Waals surface area (Å²) in [6, 6.07) is 0. The Hall–Kier alpha value is -1.31. The topological polar surface area (TPSA) is 175 Å². The van der Waals surface area contributed by atoms with Crippen molar-refractivity contribution in [3.05, 3.63) is 12.3 Å². The molecule has 1 saturated heterocycles. The summed E-state index contributed by atoms with van der Waals surface area (Å²) in [5.41, 5.74) is -3.22. The zero-order chi connectivity index (χ0) is 20.9. The molecule has 2 heterocycles. The van der Waals surface area contributed by atoms with E-state index in [0.717, 1.165) is 6.26 Å². The van der Waals surface area contributed by atoms with Gasteiger partial charge in [0.2, 0.25) is 6.29 Å². The zero-order valence-corrected chi connectivity index (χ0v) is 15.4. The number of carbonyl (C=O) groups is 1. The van der Waals surface area contributed by atoms with Gasteiger partial charge in [-0.1, -0.05) is 0 Å². The Balaban J connectivity index is 1.87. The van der Waals surface area contributed by atoms with Crippen molar-refractivity contribution in [3.8, 4) is 0 Å². The number of ether oxygens (including phenoxy) is 4. The monoisotopic (exact) mass is 406 g/mol. The van der Waals surface area contributed by atoms with Gasteiger partial charge in [-0.05, 0) is 13.0 Å². The van der Waals surface area contributed by atoms with E-state index in [1.54, 1.807) is 0 Å². The summed E-state index contributed by atoms with van der Waals surface area (Å²) >= 11 is 0. The molecule has 1 saturated carbocycles. The molecular formula is C17H26O11. The van der Waals surface area contributed by atoms with Crippen LogP contribution >= 0.6 is 0 Å². The molecule has 0 aromatic carbocycles. The van der Waals surface area contributed by atoms with Crippen molar-refractivity contribution < 1.29 is 54.4 Å². The second-order valence-corrected chi connectivity index (χ2v) is 7.63. The molecule has 11 heteroatoms. The standard InChI is InChI=1S/C17H26O11/c1-7(19)28-16(2)5-9(20)17(24)3-4-25-15(13(16)17)27-14-12(23)11(22)10(21)8(6-18)26-14/h3-4,8-15,18,20-24H,5-6H2,1-2H3/t8?,9?,10?,11?,12?,13?,14?,15?,16-,17+/m0/s1. The van der Waals surface area contributed by atoms with Gasteiger partial charge in [0.1, 0.15) is 35.6 Å². The number of hydrogen-bond donors (Lipinski definition) is 6. The third-order valence-electron chi connectivity index (χ3n) is 5.60. The maximum atomic E-state index is 11.6. The van der Waals surface area contributed by atoms with Crippen molar-refractivity contribution in [2.24, 2.45) is 5.92 Å². The highest BCUT2D eigenvalue weighted by atomic mass is 16.8. The molecule has 0 radical (unpaired) electrons. The average molecular weight is 406 g/mol. The van der Waals surface area contributed by atoms with Crippen molar-refractivity contribution in [3.63, 3.8) is 0 Å². The van der Waals surface area contributed by atoms with Crippen LogP contribution in [0.15, 0.2) is 12.3 Å². The van der Waals surface area contributed by atoms with E-state index in [4.69, 9.17) is 18.9 Å². The smallest absolute Gasteiger partial charge is 0.303 e. The van der Waals surface area contributed by atoms with E-state index >= 15 is 0 Å². The molecule has 0 aromatic heterocycles. The van der Waals surface area contributed by atoms with E-state index in [0.29, 0.717) is 0 Å². The Morgan fingerprint density at radius 2 is 1.86 bits per heavy atom. The van der Waals surface area contributed by atoms with Gasteiger partial charge in [0.25, 0.3) is 0 Å². The van der Waals surface area contributed by atoms with E-state index in [-0.39, 0.29) is 6.42 Å². The summed E-state index contributed by atoms with van der Waals surface area (Å²) in [5.74, 6) is -1.74. The average Bonchev–Trinajstić information content (AvgIpc) is 2.81. The minimum atomic E-state index is -1.85. The lowest BCUT2D eigenvalue weighted by atomic mass is 9.81. The quantitative estimate of drug-likeness (QED) is 0.264. The van der Waals surface area contributed by atoms with Crippen LogP contribution in [0.1, 0.15) is 20.3 Å². The van der Waals surface area contributed by atoms with E-state index in [1.807, 2.05) is 0 Å². The van der Waals surface area contributed by atoms with E-state index in [2.05, 4.69) is 0 Å². The first kappa shape index (κ1) is 21.4. The molecule has 0 aromatic rings. The van der Waals surface area contributed by atoms with Gasteiger partial charge in [-0.3, -0.25) is 4.79 Å². The fourth-order valence-corrected chi connectivity index (χ4v) is 4.25. The molecule has 1 aliphatic carbocycles. The number of rotatable bonds is 4. The molecule has 11 nitrogen and oxygen atoms in total. The fraction of sp³-hybridized carbons (Fsp3) is 0.824. The Bertz CT molecular complexity index is 624. The summed E-state index contributed by atoms with van der Waals surface area (Å²) in [6.45, 7) is 2.04. The first-order valence-corrected chi connectivity index (χ1v) is 8.92. The summed E-state index contributed by atoms with van der Waals surface area (Å²) in [5, 5.41) is 60.6. The molecule has 28 heavy (non-hydrogen) atoms. The summed E-state index contributed by atoms with van der Waals surface area (Å²) in [6.07, 6.45) is -8.06. The predicted molar refractivity (Wildman–Crippen MR) is 88.1 cm³/mol. The second kappa shape index (κ2) is 7.50. The Morgan fingerprint density at radius 1 is 1.18 bits per heavy atom. The molecule has 2 fully saturated rings. The number of hydrogen-bond acceptors (Lipinski definition) is 11. The summed E-state index contributed by atoms with van der Waals surface area (Å²) in [7, 11) is 0. The van der Waals surface area contributed by atoms with Gasteiger partial charge in [0, 0.05) is 13.3 Å². The number of aliphatic hydroxyl groups excluding tert-OH is 5. The molecule has 6 N–H and O–H groups in total. The van der Waals surface area contributed by atoms with Crippen molar-refractivity contribution in [2.75, 3.05) is 6.61 Å². The largest absolute Gasteiger partial charge is 0.472 e. The van der Waals surface area contributed by atoms with E-state index in [1.165, 1.54) is 19.9 Å². The van der Waals surface area contributed by atoms with Crippen molar-refractivity contribution in [1.29, 1.82) is 0 Å². The predicted octanol–water partition coefficient (Wildman–Crippen LogP) is -2.89. The fourth-order valence-electron chi connectivity index (χ4n) is 4.25. The van der Waals surface area contributed by atoms with Gasteiger partial charge < -0.3 is 49.6 Å². The maximum absolute atomic E-state index is 11.6. The van der Waals surface area contributed by atoms with Gasteiger partial charge >= 0.3 is 5.97 Å². The second-order valence-electron chi connectivity index (χ2n) is 7.63. The first-order chi connectivity index (χ1) is 13.0. The molecule has 0 spiro atoms. The third kappa shape index (κ3) is 3.42. The molecule has 8 unspecified atom stereocenters. The lowest BCUT2D eigenvalue weighted by Crippen LogP contribution is -2.62. The van der Waals surface area contributed by atoms with Crippen molar-refractivity contribution >= 4 is 5.97 Å². The van der Waals surface area contributed by atoms with Crippen LogP contribution in [0.5, 0.6) is 0 Å². The number of esters is 1. The van der Waals surface area contributed by atoms with Crippen LogP contribution in [0, 0.1) is 5.92 Å². The molecule has 3 rings (SSSR count). The summed E-state index contributed by atoms with van der Waals surface area (Å²) < 4.78 is 21.7.